The standard InChI is InChI=1S/C19H39N5O2.HI/c1-6-20-17(23-14-16(2)15-24-12-7-8-13-24)21-10-9-11-22-18(25)26-19(3,4)5;/h16H,6-15H2,1-5H3,(H,22,25)(H2,20,21,23);1H. The van der Waals surface area contributed by atoms with Gasteiger partial charge in [-0.15, -0.1) is 24.0 Å². The summed E-state index contributed by atoms with van der Waals surface area (Å²) in [6, 6.07) is 0. The Hall–Kier alpha value is -0.770. The van der Waals surface area contributed by atoms with Crippen molar-refractivity contribution in [3.8, 4) is 0 Å². The maximum atomic E-state index is 11.6. The van der Waals surface area contributed by atoms with E-state index < -0.39 is 5.60 Å². The zero-order valence-electron chi connectivity index (χ0n) is 17.8. The van der Waals surface area contributed by atoms with Crippen molar-refractivity contribution in [2.75, 3.05) is 45.8 Å². The molecule has 1 amide bonds. The van der Waals surface area contributed by atoms with Crippen LogP contribution in [-0.2, 0) is 4.74 Å². The zero-order chi connectivity index (χ0) is 19.4. The minimum Gasteiger partial charge on any atom is -0.444 e. The molecule has 1 unspecified atom stereocenters. The van der Waals surface area contributed by atoms with Gasteiger partial charge in [-0.1, -0.05) is 6.92 Å². The van der Waals surface area contributed by atoms with Crippen LogP contribution in [0.15, 0.2) is 4.99 Å². The number of alkyl carbamates (subject to hydrolysis) is 1. The van der Waals surface area contributed by atoms with E-state index in [-0.39, 0.29) is 30.1 Å². The van der Waals surface area contributed by atoms with Gasteiger partial charge in [0.05, 0.1) is 0 Å². The van der Waals surface area contributed by atoms with Crippen molar-refractivity contribution >= 4 is 36.0 Å². The van der Waals surface area contributed by atoms with Gasteiger partial charge in [-0.3, -0.25) is 4.99 Å². The summed E-state index contributed by atoms with van der Waals surface area (Å²) in [6.07, 6.45) is 3.11. The van der Waals surface area contributed by atoms with Crippen LogP contribution in [0.1, 0.15) is 53.9 Å². The molecule has 3 N–H and O–H groups in total. The van der Waals surface area contributed by atoms with Gasteiger partial charge in [0.2, 0.25) is 0 Å². The summed E-state index contributed by atoms with van der Waals surface area (Å²) in [4.78, 5) is 18.8. The van der Waals surface area contributed by atoms with E-state index in [1.807, 2.05) is 20.8 Å². The molecule has 0 aliphatic carbocycles. The Bertz CT molecular complexity index is 434. The number of carbonyl (C=O) groups is 1. The monoisotopic (exact) mass is 497 g/mol. The van der Waals surface area contributed by atoms with Crippen molar-refractivity contribution in [1.29, 1.82) is 0 Å². The predicted octanol–water partition coefficient (Wildman–Crippen LogP) is 2.81. The number of nitrogens with zero attached hydrogens (tertiary/aromatic N) is 2. The van der Waals surface area contributed by atoms with E-state index in [4.69, 9.17) is 9.73 Å². The summed E-state index contributed by atoms with van der Waals surface area (Å²) in [7, 11) is 0. The van der Waals surface area contributed by atoms with Crippen molar-refractivity contribution in [2.45, 2.75) is 59.5 Å². The molecule has 0 saturated carbocycles. The molecule has 0 aromatic carbocycles. The SMILES string of the molecule is CCNC(=NCC(C)CN1CCCC1)NCCCNC(=O)OC(C)(C)C.I. The molecule has 7 nitrogen and oxygen atoms in total. The van der Waals surface area contributed by atoms with Gasteiger partial charge in [0.15, 0.2) is 5.96 Å². The smallest absolute Gasteiger partial charge is 0.407 e. The van der Waals surface area contributed by atoms with Crippen LogP contribution in [0, 0.1) is 5.92 Å². The fourth-order valence-corrected chi connectivity index (χ4v) is 2.85. The molecule has 1 fully saturated rings. The number of hydrogen-bond donors (Lipinski definition) is 3. The molecule has 1 aliphatic heterocycles. The second kappa shape index (κ2) is 14.3. The highest BCUT2D eigenvalue weighted by Crippen LogP contribution is 2.10. The lowest BCUT2D eigenvalue weighted by Gasteiger charge is -2.20. The van der Waals surface area contributed by atoms with Crippen LogP contribution < -0.4 is 16.0 Å². The summed E-state index contributed by atoms with van der Waals surface area (Å²) in [5.41, 5.74) is -0.459. The molecule has 0 aromatic rings. The van der Waals surface area contributed by atoms with Crippen LogP contribution in [0.3, 0.4) is 0 Å². The lowest BCUT2D eigenvalue weighted by molar-refractivity contribution is 0.0527. The number of likely N-dealkylation sites (tertiary alicyclic amines) is 1. The second-order valence-corrected chi connectivity index (χ2v) is 8.04. The highest BCUT2D eigenvalue weighted by molar-refractivity contribution is 14.0. The van der Waals surface area contributed by atoms with Gasteiger partial charge in [0, 0.05) is 32.7 Å². The Morgan fingerprint density at radius 3 is 2.37 bits per heavy atom. The third-order valence-corrected chi connectivity index (χ3v) is 3.99. The normalized spacial score (nSPS) is 16.4. The maximum absolute atomic E-state index is 11.6. The first-order valence-corrected chi connectivity index (χ1v) is 10.0. The fourth-order valence-electron chi connectivity index (χ4n) is 2.85. The number of ether oxygens (including phenoxy) is 1. The van der Waals surface area contributed by atoms with Gasteiger partial charge >= 0.3 is 6.09 Å². The molecular weight excluding hydrogens is 457 g/mol. The van der Waals surface area contributed by atoms with E-state index in [9.17, 15) is 4.79 Å². The zero-order valence-corrected chi connectivity index (χ0v) is 20.1. The largest absolute Gasteiger partial charge is 0.444 e. The number of guanidine groups is 1. The number of carbonyl (C=O) groups excluding carboxylic acids is 1. The van der Waals surface area contributed by atoms with Gasteiger partial charge < -0.3 is 25.6 Å². The lowest BCUT2D eigenvalue weighted by Crippen LogP contribution is -2.39. The molecule has 27 heavy (non-hydrogen) atoms. The van der Waals surface area contributed by atoms with Crippen molar-refractivity contribution in [1.82, 2.24) is 20.9 Å². The Balaban J connectivity index is 0.00000676. The molecule has 1 saturated heterocycles. The van der Waals surface area contributed by atoms with Crippen molar-refractivity contribution in [3.63, 3.8) is 0 Å². The topological polar surface area (TPSA) is 78.0 Å². The van der Waals surface area contributed by atoms with Gasteiger partial charge in [0.1, 0.15) is 5.60 Å². The van der Waals surface area contributed by atoms with E-state index in [2.05, 4.69) is 34.7 Å². The van der Waals surface area contributed by atoms with E-state index in [0.717, 1.165) is 38.6 Å². The van der Waals surface area contributed by atoms with Gasteiger partial charge in [-0.25, -0.2) is 4.79 Å². The molecular formula is C19H40IN5O2. The molecule has 0 spiro atoms. The number of rotatable bonds is 9. The summed E-state index contributed by atoms with van der Waals surface area (Å²) in [5, 5.41) is 9.37. The maximum Gasteiger partial charge on any atom is 0.407 e. The van der Waals surface area contributed by atoms with Crippen molar-refractivity contribution in [2.24, 2.45) is 10.9 Å². The molecule has 0 aromatic heterocycles. The van der Waals surface area contributed by atoms with Crippen LogP contribution in [-0.4, -0.2) is 68.4 Å². The van der Waals surface area contributed by atoms with Crippen LogP contribution in [0.2, 0.25) is 0 Å². The van der Waals surface area contributed by atoms with Crippen LogP contribution in [0.5, 0.6) is 0 Å². The minimum atomic E-state index is -0.459. The van der Waals surface area contributed by atoms with Crippen LogP contribution in [0.4, 0.5) is 4.79 Å². The van der Waals surface area contributed by atoms with Gasteiger partial charge in [0.25, 0.3) is 0 Å². The molecule has 1 aliphatic rings. The average Bonchev–Trinajstić information content (AvgIpc) is 3.03. The molecule has 1 rings (SSSR count). The Kier molecular flexibility index (Phi) is 13.9. The first-order valence-electron chi connectivity index (χ1n) is 10.0. The first kappa shape index (κ1) is 26.2. The Morgan fingerprint density at radius 2 is 1.78 bits per heavy atom. The van der Waals surface area contributed by atoms with E-state index in [0.29, 0.717) is 12.5 Å². The van der Waals surface area contributed by atoms with Gasteiger partial charge in [-0.2, -0.15) is 0 Å². The number of aliphatic imine (C=N–C) groups is 1. The summed E-state index contributed by atoms with van der Waals surface area (Å²) in [6.45, 7) is 16.5. The molecule has 0 radical (unpaired) electrons. The number of hydrogen-bond acceptors (Lipinski definition) is 4. The van der Waals surface area contributed by atoms with E-state index >= 15 is 0 Å². The Morgan fingerprint density at radius 1 is 1.15 bits per heavy atom. The second-order valence-electron chi connectivity index (χ2n) is 8.04. The van der Waals surface area contributed by atoms with E-state index in [1.54, 1.807) is 0 Å². The highest BCUT2D eigenvalue weighted by atomic mass is 127. The van der Waals surface area contributed by atoms with Crippen LogP contribution in [0.25, 0.3) is 0 Å². The number of amides is 1. The fraction of sp³-hybridized carbons (Fsp3) is 0.895. The molecule has 8 heteroatoms. The lowest BCUT2D eigenvalue weighted by atomic mass is 10.2. The molecule has 1 heterocycles. The molecule has 160 valence electrons. The van der Waals surface area contributed by atoms with Gasteiger partial charge in [-0.05, 0) is 66.0 Å². The van der Waals surface area contributed by atoms with E-state index in [1.165, 1.54) is 25.9 Å². The minimum absolute atomic E-state index is 0. The summed E-state index contributed by atoms with van der Waals surface area (Å²) in [5.74, 6) is 1.40. The predicted molar refractivity (Wildman–Crippen MR) is 123 cm³/mol. The highest BCUT2D eigenvalue weighted by Gasteiger charge is 2.16. The summed E-state index contributed by atoms with van der Waals surface area (Å²) >= 11 is 0. The van der Waals surface area contributed by atoms with Crippen molar-refractivity contribution < 1.29 is 9.53 Å². The third kappa shape index (κ3) is 14.0. The summed E-state index contributed by atoms with van der Waals surface area (Å²) < 4.78 is 5.21. The Labute approximate surface area is 182 Å². The quantitative estimate of drug-likeness (QED) is 0.198. The molecule has 0 bridgehead atoms. The molecule has 1 atom stereocenters. The van der Waals surface area contributed by atoms with Crippen molar-refractivity contribution in [3.05, 3.63) is 0 Å². The average molecular weight is 497 g/mol. The number of halogens is 1. The third-order valence-electron chi connectivity index (χ3n) is 3.99. The van der Waals surface area contributed by atoms with Crippen LogP contribution >= 0.6 is 24.0 Å². The number of nitrogens with one attached hydrogen (secondary N) is 3. The first-order chi connectivity index (χ1) is 12.3.